The van der Waals surface area contributed by atoms with Crippen LogP contribution in [0, 0.1) is 12.7 Å². The Morgan fingerprint density at radius 3 is 2.61 bits per heavy atom. The number of hydrogen-bond acceptors (Lipinski definition) is 10. The summed E-state index contributed by atoms with van der Waals surface area (Å²) in [7, 11) is 1.61. The van der Waals surface area contributed by atoms with E-state index in [4.69, 9.17) is 29.4 Å². The first-order valence-electron chi connectivity index (χ1n) is 12.2. The average Bonchev–Trinajstić information content (AvgIpc) is 3.62. The number of halogens is 1. The van der Waals surface area contributed by atoms with Gasteiger partial charge >= 0.3 is 0 Å². The number of nitrogens with zero attached hydrogens (tertiary/aromatic N) is 3. The molecular formula is C25H30FN5O6S. The molecule has 0 bridgehead atoms. The summed E-state index contributed by atoms with van der Waals surface area (Å²) in [5, 5.41) is 7.31. The van der Waals surface area contributed by atoms with Gasteiger partial charge in [-0.15, -0.1) is 0 Å². The number of amides is 1. The number of aryl methyl sites for hydroxylation is 1. The van der Waals surface area contributed by atoms with Crippen LogP contribution in [-0.2, 0) is 18.9 Å². The fourth-order valence-corrected chi connectivity index (χ4v) is 5.34. The van der Waals surface area contributed by atoms with Crippen LogP contribution < -0.4 is 15.8 Å². The van der Waals surface area contributed by atoms with Gasteiger partial charge in [-0.2, -0.15) is 16.9 Å². The Balaban J connectivity index is 0.000000433. The molecule has 2 unspecified atom stereocenters. The van der Waals surface area contributed by atoms with Crippen molar-refractivity contribution in [2.45, 2.75) is 31.3 Å². The van der Waals surface area contributed by atoms with Crippen LogP contribution in [0.25, 0.3) is 5.52 Å². The normalized spacial score (nSPS) is 24.5. The smallest absolute Gasteiger partial charge is 0.250 e. The molecule has 4 atom stereocenters. The Hall–Kier alpha value is -2.97. The van der Waals surface area contributed by atoms with Crippen molar-refractivity contribution in [2.24, 2.45) is 5.73 Å². The van der Waals surface area contributed by atoms with Crippen molar-refractivity contribution in [1.29, 1.82) is 0 Å². The highest BCUT2D eigenvalue weighted by molar-refractivity contribution is 7.99. The zero-order valence-corrected chi connectivity index (χ0v) is 21.9. The van der Waals surface area contributed by atoms with Crippen molar-refractivity contribution in [3.63, 3.8) is 0 Å². The second kappa shape index (κ2) is 11.8. The van der Waals surface area contributed by atoms with Gasteiger partial charge in [0.15, 0.2) is 11.9 Å². The summed E-state index contributed by atoms with van der Waals surface area (Å²) in [6, 6.07) is 4.16. The van der Waals surface area contributed by atoms with Crippen LogP contribution in [0.15, 0.2) is 30.7 Å². The number of primary amides is 1. The highest BCUT2D eigenvalue weighted by Gasteiger charge is 2.49. The highest BCUT2D eigenvalue weighted by Crippen LogP contribution is 2.36. The van der Waals surface area contributed by atoms with E-state index in [9.17, 15) is 9.18 Å². The van der Waals surface area contributed by atoms with E-state index in [1.54, 1.807) is 26.3 Å². The molecule has 0 radical (unpaired) electrons. The summed E-state index contributed by atoms with van der Waals surface area (Å²) in [6.07, 6.45) is 1.76. The molecule has 3 aliphatic heterocycles. The molecule has 0 saturated carbocycles. The molecule has 6 rings (SSSR count). The number of thioether (sulfide) groups is 1. The Labute approximate surface area is 223 Å². The number of methoxy groups -OCH3 is 1. The predicted octanol–water partition coefficient (Wildman–Crippen LogP) is 2.33. The van der Waals surface area contributed by atoms with Gasteiger partial charge in [0.05, 0.1) is 37.7 Å². The maximum atomic E-state index is 14.1. The average molecular weight is 548 g/mol. The number of nitrogens with one attached hydrogen (secondary N) is 1. The van der Waals surface area contributed by atoms with Crippen molar-refractivity contribution >= 4 is 34.7 Å². The second-order valence-electron chi connectivity index (χ2n) is 8.95. The number of hydrogen-bond donors (Lipinski definition) is 2. The number of nitrogens with two attached hydrogens (primary N) is 1. The Morgan fingerprint density at radius 2 is 1.95 bits per heavy atom. The lowest BCUT2D eigenvalue weighted by Gasteiger charge is -2.20. The molecule has 1 aromatic carbocycles. The predicted molar refractivity (Wildman–Crippen MR) is 139 cm³/mol. The van der Waals surface area contributed by atoms with Gasteiger partial charge in [-0.05, 0) is 24.6 Å². The van der Waals surface area contributed by atoms with Gasteiger partial charge < -0.3 is 34.7 Å². The Bertz CT molecular complexity index is 1280. The number of carbonyl (C=O) groups excluding carboxylic acids is 1. The number of fused-ring (bicyclic) bond motifs is 2. The minimum absolute atomic E-state index is 0.162. The van der Waals surface area contributed by atoms with Gasteiger partial charge in [0, 0.05) is 30.9 Å². The molecular weight excluding hydrogens is 517 g/mol. The molecule has 0 aliphatic carbocycles. The van der Waals surface area contributed by atoms with Crippen molar-refractivity contribution in [1.82, 2.24) is 14.6 Å². The topological polar surface area (TPSA) is 131 Å². The minimum atomic E-state index is -0.563. The molecule has 38 heavy (non-hydrogen) atoms. The third-order valence-corrected chi connectivity index (χ3v) is 7.49. The van der Waals surface area contributed by atoms with E-state index < -0.39 is 17.8 Å². The first-order chi connectivity index (χ1) is 18.5. The van der Waals surface area contributed by atoms with Crippen molar-refractivity contribution in [2.75, 3.05) is 50.4 Å². The van der Waals surface area contributed by atoms with E-state index in [2.05, 4.69) is 15.4 Å². The zero-order chi connectivity index (χ0) is 26.6. The van der Waals surface area contributed by atoms with Gasteiger partial charge in [-0.1, -0.05) is 0 Å². The van der Waals surface area contributed by atoms with E-state index in [-0.39, 0.29) is 24.1 Å². The summed E-state index contributed by atoms with van der Waals surface area (Å²) >= 11 is 1.97. The molecule has 1 amide bonds. The SMILES string of the molecule is C1CSCCO1.COC1CO[C@@H]2C(Oc3cc(F)ccc3Nc3ncnn4cc(C(N)=O)c(C)c34)CO[C@H]12. The van der Waals surface area contributed by atoms with E-state index >= 15 is 0 Å². The molecule has 3 N–H and O–H groups in total. The summed E-state index contributed by atoms with van der Waals surface area (Å²) in [5.74, 6) is 2.07. The van der Waals surface area contributed by atoms with Crippen LogP contribution >= 0.6 is 11.8 Å². The lowest BCUT2D eigenvalue weighted by Crippen LogP contribution is -2.35. The molecule has 11 nitrogen and oxygen atoms in total. The van der Waals surface area contributed by atoms with Gasteiger partial charge in [0.2, 0.25) is 0 Å². The van der Waals surface area contributed by atoms with Crippen LogP contribution in [-0.4, -0.2) is 90.0 Å². The van der Waals surface area contributed by atoms with Crippen LogP contribution in [0.4, 0.5) is 15.9 Å². The maximum absolute atomic E-state index is 14.1. The van der Waals surface area contributed by atoms with Crippen LogP contribution in [0.2, 0.25) is 0 Å². The quantitative estimate of drug-likeness (QED) is 0.474. The van der Waals surface area contributed by atoms with E-state index in [1.807, 2.05) is 11.8 Å². The van der Waals surface area contributed by atoms with Gasteiger partial charge in [0.1, 0.15) is 41.7 Å². The molecule has 0 spiro atoms. The van der Waals surface area contributed by atoms with E-state index in [0.717, 1.165) is 13.2 Å². The Morgan fingerprint density at radius 1 is 1.21 bits per heavy atom. The van der Waals surface area contributed by atoms with Gasteiger partial charge in [-0.25, -0.2) is 13.9 Å². The number of ether oxygens (including phenoxy) is 5. The first kappa shape index (κ1) is 26.6. The molecule has 3 aliphatic rings. The fraction of sp³-hybridized carbons (Fsp3) is 0.480. The van der Waals surface area contributed by atoms with Crippen LogP contribution in [0.3, 0.4) is 0 Å². The summed E-state index contributed by atoms with van der Waals surface area (Å²) in [5.41, 5.74) is 7.48. The first-order valence-corrected chi connectivity index (χ1v) is 13.4. The lowest BCUT2D eigenvalue weighted by atomic mass is 10.1. The zero-order valence-electron chi connectivity index (χ0n) is 21.1. The standard InChI is InChI=1S/C21H22FN5O5.C4H8OS/c1-10-12(20(23)28)6-27-17(10)21(24-9-25-27)26-13-4-3-11(22)5-14(13)32-16-8-31-18-15(29-2)7-30-19(16)18;1-3-6-4-2-5-1/h3-6,9,15-16,18-19H,7-8H2,1-2H3,(H2,23,28)(H,24,25,26);1-4H2/t15?,16?,18-,19-;/m1./s1. The van der Waals surface area contributed by atoms with Crippen molar-refractivity contribution in [3.8, 4) is 5.75 Å². The van der Waals surface area contributed by atoms with Gasteiger partial charge in [-0.3, -0.25) is 4.79 Å². The monoisotopic (exact) mass is 547 g/mol. The highest BCUT2D eigenvalue weighted by atomic mass is 32.2. The molecule has 5 heterocycles. The molecule has 3 aromatic rings. The van der Waals surface area contributed by atoms with Gasteiger partial charge in [0.25, 0.3) is 5.91 Å². The van der Waals surface area contributed by atoms with E-state index in [0.29, 0.717) is 41.4 Å². The summed E-state index contributed by atoms with van der Waals surface area (Å²) < 4.78 is 43.7. The summed E-state index contributed by atoms with van der Waals surface area (Å²) in [4.78, 5) is 16.0. The number of carbonyl (C=O) groups is 1. The number of aromatic nitrogens is 3. The second-order valence-corrected chi connectivity index (χ2v) is 10.2. The Kier molecular flexibility index (Phi) is 8.29. The lowest BCUT2D eigenvalue weighted by molar-refractivity contribution is -0.0138. The maximum Gasteiger partial charge on any atom is 0.250 e. The van der Waals surface area contributed by atoms with Crippen LogP contribution in [0.5, 0.6) is 5.75 Å². The summed E-state index contributed by atoms with van der Waals surface area (Å²) in [6.45, 7) is 4.39. The number of rotatable bonds is 6. The van der Waals surface area contributed by atoms with E-state index in [1.165, 1.54) is 34.5 Å². The third kappa shape index (κ3) is 5.57. The fourth-order valence-electron chi connectivity index (χ4n) is 4.66. The van der Waals surface area contributed by atoms with Crippen LogP contribution in [0.1, 0.15) is 15.9 Å². The van der Waals surface area contributed by atoms with Crippen molar-refractivity contribution in [3.05, 3.63) is 47.7 Å². The minimum Gasteiger partial charge on any atom is -0.483 e. The molecule has 3 saturated heterocycles. The molecule has 204 valence electrons. The largest absolute Gasteiger partial charge is 0.483 e. The molecule has 2 aromatic heterocycles. The third-order valence-electron chi connectivity index (χ3n) is 6.58. The molecule has 3 fully saturated rings. The van der Waals surface area contributed by atoms with Crippen molar-refractivity contribution < 1.29 is 32.9 Å². The number of anilines is 2. The molecule has 13 heteroatoms. The number of benzene rings is 1.